The molecule has 0 spiro atoms. The van der Waals surface area contributed by atoms with Crippen LogP contribution in [0.1, 0.15) is 28.5 Å². The fraction of sp³-hybridized carbons (Fsp3) is 0.150. The molecule has 132 valence electrons. The molecule has 1 aromatic heterocycles. The summed E-state index contributed by atoms with van der Waals surface area (Å²) >= 11 is 0. The Morgan fingerprint density at radius 3 is 2.65 bits per heavy atom. The van der Waals surface area contributed by atoms with Crippen LogP contribution in [0.25, 0.3) is 0 Å². The highest BCUT2D eigenvalue weighted by molar-refractivity contribution is 5.95. The van der Waals surface area contributed by atoms with Crippen molar-refractivity contribution in [2.24, 2.45) is 0 Å². The Morgan fingerprint density at radius 2 is 1.88 bits per heavy atom. The molecule has 0 bridgehead atoms. The Kier molecular flexibility index (Phi) is 5.22. The van der Waals surface area contributed by atoms with Crippen molar-refractivity contribution in [1.82, 2.24) is 9.97 Å². The summed E-state index contributed by atoms with van der Waals surface area (Å²) in [7, 11) is 0. The van der Waals surface area contributed by atoms with E-state index in [2.05, 4.69) is 20.6 Å². The molecule has 0 atom stereocenters. The van der Waals surface area contributed by atoms with Crippen molar-refractivity contribution < 1.29 is 9.18 Å². The van der Waals surface area contributed by atoms with E-state index in [0.717, 1.165) is 11.4 Å². The number of rotatable bonds is 6. The lowest BCUT2D eigenvalue weighted by atomic mass is 10.1. The van der Waals surface area contributed by atoms with E-state index in [-0.39, 0.29) is 18.1 Å². The van der Waals surface area contributed by atoms with Crippen LogP contribution in [0.2, 0.25) is 0 Å². The molecule has 5 nitrogen and oxygen atoms in total. The molecule has 2 aromatic carbocycles. The van der Waals surface area contributed by atoms with E-state index in [9.17, 15) is 9.18 Å². The van der Waals surface area contributed by atoms with Crippen molar-refractivity contribution in [3.05, 3.63) is 77.2 Å². The molecule has 26 heavy (non-hydrogen) atoms. The summed E-state index contributed by atoms with van der Waals surface area (Å²) in [5, 5.41) is 6.21. The number of hydrogen-bond acceptors (Lipinski definition) is 5. The van der Waals surface area contributed by atoms with E-state index in [1.165, 1.54) is 13.0 Å². The Balaban J connectivity index is 1.76. The van der Waals surface area contributed by atoms with Gasteiger partial charge in [-0.3, -0.25) is 4.79 Å². The first-order chi connectivity index (χ1) is 12.5. The molecule has 0 aliphatic rings. The largest absolute Gasteiger partial charge is 0.350 e. The van der Waals surface area contributed by atoms with Gasteiger partial charge in [-0.25, -0.2) is 9.37 Å². The summed E-state index contributed by atoms with van der Waals surface area (Å²) < 4.78 is 13.7. The molecule has 0 radical (unpaired) electrons. The Bertz CT molecular complexity index is 943. The smallest absolute Gasteiger partial charge is 0.225 e. The maximum atomic E-state index is 13.7. The van der Waals surface area contributed by atoms with E-state index in [1.54, 1.807) is 36.4 Å². The topological polar surface area (TPSA) is 66.9 Å². The maximum absolute atomic E-state index is 13.7. The first kappa shape index (κ1) is 17.5. The minimum absolute atomic E-state index is 0.000221. The Hall–Kier alpha value is -3.28. The lowest BCUT2D eigenvalue weighted by molar-refractivity contribution is 0.101. The number of halogens is 1. The second-order valence-electron chi connectivity index (χ2n) is 5.93. The molecular formula is C20H19FN4O. The quantitative estimate of drug-likeness (QED) is 0.642. The number of nitrogens with zero attached hydrogens (tertiary/aromatic N) is 2. The van der Waals surface area contributed by atoms with Gasteiger partial charge in [0.2, 0.25) is 5.95 Å². The van der Waals surface area contributed by atoms with E-state index in [4.69, 9.17) is 0 Å². The number of carbonyl (C=O) groups is 1. The summed E-state index contributed by atoms with van der Waals surface area (Å²) in [6, 6.07) is 15.6. The molecule has 1 heterocycles. The number of ketones is 1. The highest BCUT2D eigenvalue weighted by Crippen LogP contribution is 2.19. The first-order valence-electron chi connectivity index (χ1n) is 8.22. The van der Waals surface area contributed by atoms with Gasteiger partial charge in [-0.2, -0.15) is 4.98 Å². The number of hydrogen-bond donors (Lipinski definition) is 2. The third kappa shape index (κ3) is 4.42. The molecule has 0 unspecified atom stereocenters. The van der Waals surface area contributed by atoms with Gasteiger partial charge in [0, 0.05) is 35.1 Å². The van der Waals surface area contributed by atoms with Crippen LogP contribution in [0.3, 0.4) is 0 Å². The summed E-state index contributed by atoms with van der Waals surface area (Å²) in [5.41, 5.74) is 2.69. The van der Waals surface area contributed by atoms with Gasteiger partial charge in [-0.05, 0) is 32.0 Å². The normalized spacial score (nSPS) is 10.4. The highest BCUT2D eigenvalue weighted by atomic mass is 19.1. The van der Waals surface area contributed by atoms with Crippen molar-refractivity contribution >= 4 is 23.2 Å². The Labute approximate surface area is 151 Å². The maximum Gasteiger partial charge on any atom is 0.225 e. The van der Waals surface area contributed by atoms with Gasteiger partial charge in [0.25, 0.3) is 0 Å². The average molecular weight is 350 g/mol. The molecule has 6 heteroatoms. The van der Waals surface area contributed by atoms with Gasteiger partial charge in [0.15, 0.2) is 5.78 Å². The molecule has 3 aromatic rings. The zero-order valence-corrected chi connectivity index (χ0v) is 14.6. The first-order valence-corrected chi connectivity index (χ1v) is 8.22. The van der Waals surface area contributed by atoms with E-state index in [0.29, 0.717) is 22.9 Å². The lowest BCUT2D eigenvalue weighted by Gasteiger charge is -2.11. The van der Waals surface area contributed by atoms with Crippen LogP contribution in [-0.4, -0.2) is 15.8 Å². The van der Waals surface area contributed by atoms with Crippen LogP contribution < -0.4 is 10.6 Å². The number of Topliss-reactive ketones (excluding diaryl/α,β-unsaturated/α-hetero) is 1. The molecule has 0 saturated heterocycles. The van der Waals surface area contributed by atoms with Gasteiger partial charge < -0.3 is 10.6 Å². The number of benzene rings is 2. The molecule has 0 saturated carbocycles. The SMILES string of the molecule is CC(=O)c1cccc(Nc2cc(C)nc(NCc3ccccc3F)n2)c1. The lowest BCUT2D eigenvalue weighted by Crippen LogP contribution is -2.07. The fourth-order valence-electron chi connectivity index (χ4n) is 2.49. The van der Waals surface area contributed by atoms with Crippen molar-refractivity contribution in [2.75, 3.05) is 10.6 Å². The minimum atomic E-state index is -0.271. The van der Waals surface area contributed by atoms with Crippen LogP contribution in [0, 0.1) is 12.7 Å². The summed E-state index contributed by atoms with van der Waals surface area (Å²) in [6.07, 6.45) is 0. The highest BCUT2D eigenvalue weighted by Gasteiger charge is 2.06. The predicted molar refractivity (Wildman–Crippen MR) is 100 cm³/mol. The zero-order chi connectivity index (χ0) is 18.5. The minimum Gasteiger partial charge on any atom is -0.350 e. The van der Waals surface area contributed by atoms with Gasteiger partial charge in [0.05, 0.1) is 0 Å². The monoisotopic (exact) mass is 350 g/mol. The number of aromatic nitrogens is 2. The molecule has 3 rings (SSSR count). The van der Waals surface area contributed by atoms with Gasteiger partial charge in [-0.1, -0.05) is 30.3 Å². The van der Waals surface area contributed by atoms with Gasteiger partial charge in [-0.15, -0.1) is 0 Å². The second-order valence-corrected chi connectivity index (χ2v) is 5.93. The van der Waals surface area contributed by atoms with Crippen molar-refractivity contribution in [1.29, 1.82) is 0 Å². The zero-order valence-electron chi connectivity index (χ0n) is 14.6. The van der Waals surface area contributed by atoms with Crippen molar-refractivity contribution in [3.63, 3.8) is 0 Å². The van der Waals surface area contributed by atoms with E-state index >= 15 is 0 Å². The van der Waals surface area contributed by atoms with Crippen LogP contribution in [0.5, 0.6) is 0 Å². The number of nitrogens with one attached hydrogen (secondary N) is 2. The number of carbonyl (C=O) groups excluding carboxylic acids is 1. The van der Waals surface area contributed by atoms with Crippen LogP contribution in [-0.2, 0) is 6.54 Å². The van der Waals surface area contributed by atoms with Gasteiger partial charge in [0.1, 0.15) is 11.6 Å². The third-order valence-electron chi connectivity index (χ3n) is 3.79. The molecule has 0 amide bonds. The van der Waals surface area contributed by atoms with E-state index in [1.807, 2.05) is 19.1 Å². The molecular weight excluding hydrogens is 331 g/mol. The molecule has 0 aliphatic carbocycles. The van der Waals surface area contributed by atoms with Gasteiger partial charge >= 0.3 is 0 Å². The van der Waals surface area contributed by atoms with E-state index < -0.39 is 0 Å². The Morgan fingerprint density at radius 1 is 1.08 bits per heavy atom. The van der Waals surface area contributed by atoms with Crippen LogP contribution in [0.4, 0.5) is 21.8 Å². The molecule has 0 aliphatic heterocycles. The fourth-order valence-corrected chi connectivity index (χ4v) is 2.49. The third-order valence-corrected chi connectivity index (χ3v) is 3.79. The number of anilines is 3. The summed E-state index contributed by atoms with van der Waals surface area (Å²) in [4.78, 5) is 20.2. The second kappa shape index (κ2) is 7.74. The molecule has 0 fully saturated rings. The standard InChI is InChI=1S/C20H19FN4O/c1-13-10-19(24-17-8-5-7-15(11-17)14(2)26)25-20(23-13)22-12-16-6-3-4-9-18(16)21/h3-11H,12H2,1-2H3,(H2,22,23,24,25). The number of aryl methyl sites for hydroxylation is 1. The van der Waals surface area contributed by atoms with Crippen molar-refractivity contribution in [3.8, 4) is 0 Å². The summed E-state index contributed by atoms with van der Waals surface area (Å²) in [6.45, 7) is 3.67. The van der Waals surface area contributed by atoms with Crippen LogP contribution >= 0.6 is 0 Å². The molecule has 2 N–H and O–H groups in total. The summed E-state index contributed by atoms with van der Waals surface area (Å²) in [5.74, 6) is 0.722. The predicted octanol–water partition coefficient (Wildman–Crippen LogP) is 4.48. The van der Waals surface area contributed by atoms with Crippen molar-refractivity contribution in [2.45, 2.75) is 20.4 Å². The van der Waals surface area contributed by atoms with Crippen LogP contribution in [0.15, 0.2) is 54.6 Å². The average Bonchev–Trinajstić information content (AvgIpc) is 2.61.